The third-order valence-corrected chi connectivity index (χ3v) is 4.72. The Bertz CT molecular complexity index is 1300. The first-order valence-electron chi connectivity index (χ1n) is 9.94. The van der Waals surface area contributed by atoms with Crippen molar-refractivity contribution < 1.29 is 23.1 Å². The van der Waals surface area contributed by atoms with Crippen LogP contribution in [0.5, 0.6) is 17.2 Å². The predicted molar refractivity (Wildman–Crippen MR) is 117 cm³/mol. The summed E-state index contributed by atoms with van der Waals surface area (Å²) in [6.45, 7) is 1.84. The third-order valence-electron chi connectivity index (χ3n) is 4.72. The van der Waals surface area contributed by atoms with Gasteiger partial charge in [0.25, 0.3) is 5.91 Å². The number of carbonyl (C=O) groups excluding carboxylic acids is 1. The molecule has 0 saturated heterocycles. The highest BCUT2D eigenvalue weighted by molar-refractivity contribution is 5.80. The van der Waals surface area contributed by atoms with Gasteiger partial charge in [0.2, 0.25) is 11.2 Å². The molecule has 0 spiro atoms. The smallest absolute Gasteiger partial charge is 0.258 e. The zero-order valence-electron chi connectivity index (χ0n) is 17.3. The maximum absolute atomic E-state index is 13.1. The van der Waals surface area contributed by atoms with E-state index in [0.29, 0.717) is 29.0 Å². The van der Waals surface area contributed by atoms with E-state index < -0.39 is 5.82 Å². The van der Waals surface area contributed by atoms with Gasteiger partial charge in [-0.05, 0) is 48.9 Å². The van der Waals surface area contributed by atoms with E-state index in [1.54, 1.807) is 25.1 Å². The van der Waals surface area contributed by atoms with E-state index >= 15 is 0 Å². The number of fused-ring (bicyclic) bond motifs is 1. The molecule has 1 aromatic heterocycles. The van der Waals surface area contributed by atoms with Crippen LogP contribution < -0.4 is 20.2 Å². The average molecular weight is 433 g/mol. The van der Waals surface area contributed by atoms with E-state index in [9.17, 15) is 14.0 Å². The molecule has 0 aliphatic rings. The van der Waals surface area contributed by atoms with Crippen LogP contribution in [0.2, 0.25) is 0 Å². The summed E-state index contributed by atoms with van der Waals surface area (Å²) in [6, 6.07) is 19.6. The largest absolute Gasteiger partial charge is 0.484 e. The summed E-state index contributed by atoms with van der Waals surface area (Å²) in [5, 5.41) is 3.08. The first-order valence-corrected chi connectivity index (χ1v) is 9.94. The van der Waals surface area contributed by atoms with Gasteiger partial charge in [-0.25, -0.2) is 4.39 Å². The average Bonchev–Trinajstić information content (AvgIpc) is 2.80. The minimum Gasteiger partial charge on any atom is -0.484 e. The maximum Gasteiger partial charge on any atom is 0.258 e. The van der Waals surface area contributed by atoms with Crippen LogP contribution in [-0.2, 0) is 11.3 Å². The van der Waals surface area contributed by atoms with Gasteiger partial charge in [0.05, 0.1) is 5.39 Å². The Balaban J connectivity index is 1.45. The number of carbonyl (C=O) groups is 1. The summed E-state index contributed by atoms with van der Waals surface area (Å²) in [5.74, 6) is 0.336. The molecule has 0 atom stereocenters. The highest BCUT2D eigenvalue weighted by Gasteiger charge is 2.15. The second-order valence-corrected chi connectivity index (χ2v) is 7.08. The molecule has 6 nitrogen and oxygen atoms in total. The Morgan fingerprint density at radius 3 is 2.47 bits per heavy atom. The number of nitrogens with one attached hydrogen (secondary N) is 1. The fourth-order valence-electron chi connectivity index (χ4n) is 3.09. The summed E-state index contributed by atoms with van der Waals surface area (Å²) in [7, 11) is 0. The molecule has 1 N–H and O–H groups in total. The minimum absolute atomic E-state index is 0.0260. The minimum atomic E-state index is -0.402. The van der Waals surface area contributed by atoms with Gasteiger partial charge in [0.15, 0.2) is 6.61 Å². The summed E-state index contributed by atoms with van der Waals surface area (Å²) in [6.07, 6.45) is 0. The first-order chi connectivity index (χ1) is 15.5. The molecule has 0 aliphatic carbocycles. The van der Waals surface area contributed by atoms with Crippen LogP contribution in [0.3, 0.4) is 0 Å². The van der Waals surface area contributed by atoms with Crippen LogP contribution >= 0.6 is 0 Å². The number of rotatable bonds is 7. The van der Waals surface area contributed by atoms with Crippen molar-refractivity contribution in [2.75, 3.05) is 6.61 Å². The second-order valence-electron chi connectivity index (χ2n) is 7.08. The van der Waals surface area contributed by atoms with E-state index in [1.165, 1.54) is 24.3 Å². The normalized spacial score (nSPS) is 10.7. The number of ether oxygens (including phenoxy) is 2. The fourth-order valence-corrected chi connectivity index (χ4v) is 3.09. The van der Waals surface area contributed by atoms with Crippen LogP contribution in [0.15, 0.2) is 82.0 Å². The molecule has 3 aromatic carbocycles. The molecular weight excluding hydrogens is 413 g/mol. The van der Waals surface area contributed by atoms with Crippen LogP contribution in [0.4, 0.5) is 4.39 Å². The zero-order chi connectivity index (χ0) is 22.5. The van der Waals surface area contributed by atoms with Gasteiger partial charge in [-0.15, -0.1) is 0 Å². The SMILES string of the molecule is Cc1oc2cc(OCC(=O)NCc3ccccc3)ccc2c(=O)c1Oc1ccc(F)cc1. The Labute approximate surface area is 183 Å². The summed E-state index contributed by atoms with van der Waals surface area (Å²) >= 11 is 0. The van der Waals surface area contributed by atoms with E-state index in [1.807, 2.05) is 30.3 Å². The standard InChI is InChI=1S/C25H20FNO5/c1-16-25(32-19-9-7-18(26)8-10-19)24(29)21-12-11-20(13-22(21)31-16)30-15-23(28)27-14-17-5-3-2-4-6-17/h2-13H,14-15H2,1H3,(H,27,28). The van der Waals surface area contributed by atoms with E-state index in [-0.39, 0.29) is 29.5 Å². The van der Waals surface area contributed by atoms with E-state index in [2.05, 4.69) is 5.32 Å². The van der Waals surface area contributed by atoms with Crippen LogP contribution in [0.25, 0.3) is 11.0 Å². The first kappa shape index (κ1) is 21.1. The molecule has 0 aliphatic heterocycles. The molecule has 0 unspecified atom stereocenters. The van der Waals surface area contributed by atoms with Gasteiger partial charge in [0.1, 0.15) is 28.7 Å². The molecule has 4 aromatic rings. The molecule has 1 heterocycles. The van der Waals surface area contributed by atoms with Gasteiger partial charge in [-0.1, -0.05) is 30.3 Å². The quantitative estimate of drug-likeness (QED) is 0.456. The molecule has 0 fully saturated rings. The summed E-state index contributed by atoms with van der Waals surface area (Å²) < 4.78 is 30.0. The second kappa shape index (κ2) is 9.34. The van der Waals surface area contributed by atoms with E-state index in [4.69, 9.17) is 13.9 Å². The maximum atomic E-state index is 13.1. The van der Waals surface area contributed by atoms with Crippen molar-refractivity contribution in [3.8, 4) is 17.2 Å². The number of aryl methyl sites for hydroxylation is 1. The molecule has 0 saturated carbocycles. The molecule has 0 bridgehead atoms. The number of hydrogen-bond donors (Lipinski definition) is 1. The van der Waals surface area contributed by atoms with Crippen molar-refractivity contribution in [3.05, 3.63) is 100 Å². The lowest BCUT2D eigenvalue weighted by Gasteiger charge is -2.10. The van der Waals surface area contributed by atoms with Crippen molar-refractivity contribution in [2.24, 2.45) is 0 Å². The predicted octanol–water partition coefficient (Wildman–Crippen LogP) is 4.73. The number of amides is 1. The zero-order valence-corrected chi connectivity index (χ0v) is 17.3. The lowest BCUT2D eigenvalue weighted by atomic mass is 10.2. The van der Waals surface area contributed by atoms with Crippen LogP contribution in [0.1, 0.15) is 11.3 Å². The van der Waals surface area contributed by atoms with Gasteiger partial charge >= 0.3 is 0 Å². The number of halogens is 1. The van der Waals surface area contributed by atoms with Crippen molar-refractivity contribution in [1.82, 2.24) is 5.32 Å². The Hall–Kier alpha value is -4.13. The molecule has 7 heteroatoms. The lowest BCUT2D eigenvalue weighted by Crippen LogP contribution is -2.28. The number of benzene rings is 3. The van der Waals surface area contributed by atoms with Gasteiger partial charge in [0, 0.05) is 12.6 Å². The third kappa shape index (κ3) is 4.95. The van der Waals surface area contributed by atoms with Gasteiger partial charge in [-0.2, -0.15) is 0 Å². The van der Waals surface area contributed by atoms with Crippen molar-refractivity contribution >= 4 is 16.9 Å². The van der Waals surface area contributed by atoms with Crippen LogP contribution in [0, 0.1) is 12.7 Å². The van der Waals surface area contributed by atoms with Crippen LogP contribution in [-0.4, -0.2) is 12.5 Å². The highest BCUT2D eigenvalue weighted by atomic mass is 19.1. The van der Waals surface area contributed by atoms with Gasteiger partial charge in [-0.3, -0.25) is 9.59 Å². The molecular formula is C25H20FNO5. The fraction of sp³-hybridized carbons (Fsp3) is 0.120. The molecule has 162 valence electrons. The van der Waals surface area contributed by atoms with E-state index in [0.717, 1.165) is 5.56 Å². The van der Waals surface area contributed by atoms with Crippen molar-refractivity contribution in [1.29, 1.82) is 0 Å². The molecule has 1 amide bonds. The van der Waals surface area contributed by atoms with Crippen molar-refractivity contribution in [2.45, 2.75) is 13.5 Å². The van der Waals surface area contributed by atoms with Crippen molar-refractivity contribution in [3.63, 3.8) is 0 Å². The highest BCUT2D eigenvalue weighted by Crippen LogP contribution is 2.27. The monoisotopic (exact) mass is 433 g/mol. The summed E-state index contributed by atoms with van der Waals surface area (Å²) in [5.41, 5.74) is 0.934. The Morgan fingerprint density at radius 1 is 1.00 bits per heavy atom. The topological polar surface area (TPSA) is 77.8 Å². The Morgan fingerprint density at radius 2 is 1.72 bits per heavy atom. The lowest BCUT2D eigenvalue weighted by molar-refractivity contribution is -0.123. The molecule has 0 radical (unpaired) electrons. The molecule has 4 rings (SSSR count). The summed E-state index contributed by atoms with van der Waals surface area (Å²) in [4.78, 5) is 24.9. The Kier molecular flexibility index (Phi) is 6.17. The molecule has 32 heavy (non-hydrogen) atoms. The number of hydrogen-bond acceptors (Lipinski definition) is 5. The van der Waals surface area contributed by atoms with Gasteiger partial charge < -0.3 is 19.2 Å².